The molecule has 1 fully saturated rings. The predicted molar refractivity (Wildman–Crippen MR) is 48.4 cm³/mol. The van der Waals surface area contributed by atoms with Crippen molar-refractivity contribution in [2.24, 2.45) is 11.1 Å². The Labute approximate surface area is 69.1 Å². The molecule has 2 heteroatoms. The summed E-state index contributed by atoms with van der Waals surface area (Å²) in [5, 5.41) is 0. The molecule has 2 nitrogen and oxygen atoms in total. The van der Waals surface area contributed by atoms with E-state index in [1.165, 1.54) is 13.0 Å². The summed E-state index contributed by atoms with van der Waals surface area (Å²) in [4.78, 5) is 2.40. The van der Waals surface area contributed by atoms with Crippen molar-refractivity contribution in [2.45, 2.75) is 13.3 Å². The van der Waals surface area contributed by atoms with E-state index in [4.69, 9.17) is 5.73 Å². The van der Waals surface area contributed by atoms with Crippen molar-refractivity contribution in [1.82, 2.24) is 4.90 Å². The fourth-order valence-corrected chi connectivity index (χ4v) is 1.63. The van der Waals surface area contributed by atoms with E-state index in [9.17, 15) is 0 Å². The Hall–Kier alpha value is -0.340. The molecule has 0 aromatic rings. The van der Waals surface area contributed by atoms with Crippen molar-refractivity contribution in [1.29, 1.82) is 0 Å². The standard InChI is InChI=1S/C9H18N2/c1-3-5-11-6-4-9(2,7-10)8-11/h3H,1,4-8,10H2,2H3. The fraction of sp³-hybridized carbons (Fsp3) is 0.778. The first-order valence-electron chi connectivity index (χ1n) is 4.23. The number of rotatable bonds is 3. The van der Waals surface area contributed by atoms with Gasteiger partial charge in [0.15, 0.2) is 0 Å². The second-order valence-electron chi connectivity index (χ2n) is 3.79. The maximum absolute atomic E-state index is 5.67. The summed E-state index contributed by atoms with van der Waals surface area (Å²) in [5.41, 5.74) is 6.04. The SMILES string of the molecule is C=CCN1CCC(C)(CN)C1. The van der Waals surface area contributed by atoms with E-state index in [0.717, 1.165) is 19.6 Å². The van der Waals surface area contributed by atoms with Gasteiger partial charge in [0.05, 0.1) is 0 Å². The normalized spacial score (nSPS) is 32.5. The minimum absolute atomic E-state index is 0.364. The summed E-state index contributed by atoms with van der Waals surface area (Å²) in [7, 11) is 0. The van der Waals surface area contributed by atoms with Crippen LogP contribution in [-0.2, 0) is 0 Å². The molecular weight excluding hydrogens is 136 g/mol. The number of nitrogens with two attached hydrogens (primary N) is 1. The van der Waals surface area contributed by atoms with Gasteiger partial charge in [0.25, 0.3) is 0 Å². The van der Waals surface area contributed by atoms with Gasteiger partial charge in [-0.2, -0.15) is 0 Å². The minimum atomic E-state index is 0.364. The highest BCUT2D eigenvalue weighted by Gasteiger charge is 2.31. The molecular formula is C9H18N2. The van der Waals surface area contributed by atoms with Crippen LogP contribution < -0.4 is 5.73 Å². The molecule has 0 aromatic heterocycles. The number of hydrogen-bond acceptors (Lipinski definition) is 2. The molecule has 0 radical (unpaired) electrons. The van der Waals surface area contributed by atoms with Gasteiger partial charge in [-0.1, -0.05) is 13.0 Å². The van der Waals surface area contributed by atoms with Gasteiger partial charge < -0.3 is 5.73 Å². The summed E-state index contributed by atoms with van der Waals surface area (Å²) in [6.07, 6.45) is 3.19. The van der Waals surface area contributed by atoms with Crippen LogP contribution in [0.25, 0.3) is 0 Å². The number of nitrogens with zero attached hydrogens (tertiary/aromatic N) is 1. The lowest BCUT2D eigenvalue weighted by molar-refractivity contribution is 0.300. The molecule has 1 aliphatic rings. The highest BCUT2D eigenvalue weighted by Crippen LogP contribution is 2.27. The number of hydrogen-bond donors (Lipinski definition) is 1. The van der Waals surface area contributed by atoms with E-state index in [2.05, 4.69) is 18.4 Å². The van der Waals surface area contributed by atoms with E-state index in [-0.39, 0.29) is 0 Å². The van der Waals surface area contributed by atoms with Crippen molar-refractivity contribution in [3.05, 3.63) is 12.7 Å². The van der Waals surface area contributed by atoms with Gasteiger partial charge in [-0.15, -0.1) is 6.58 Å². The van der Waals surface area contributed by atoms with Crippen LogP contribution in [-0.4, -0.2) is 31.1 Å². The first-order chi connectivity index (χ1) is 5.20. The fourth-order valence-electron chi connectivity index (χ4n) is 1.63. The molecule has 0 aliphatic carbocycles. The van der Waals surface area contributed by atoms with Crippen LogP contribution in [0.3, 0.4) is 0 Å². The first kappa shape index (κ1) is 8.75. The zero-order valence-electron chi connectivity index (χ0n) is 7.34. The van der Waals surface area contributed by atoms with Gasteiger partial charge in [0, 0.05) is 13.1 Å². The van der Waals surface area contributed by atoms with E-state index >= 15 is 0 Å². The van der Waals surface area contributed by atoms with Crippen LogP contribution in [0.5, 0.6) is 0 Å². The largest absolute Gasteiger partial charge is 0.330 e. The molecule has 1 aliphatic heterocycles. The van der Waals surface area contributed by atoms with Crippen LogP contribution in [0.15, 0.2) is 12.7 Å². The Morgan fingerprint density at radius 1 is 1.73 bits per heavy atom. The van der Waals surface area contributed by atoms with Crippen molar-refractivity contribution >= 4 is 0 Å². The van der Waals surface area contributed by atoms with Crippen LogP contribution >= 0.6 is 0 Å². The number of likely N-dealkylation sites (tertiary alicyclic amines) is 1. The van der Waals surface area contributed by atoms with Gasteiger partial charge in [-0.25, -0.2) is 0 Å². The molecule has 0 bridgehead atoms. The van der Waals surface area contributed by atoms with E-state index < -0.39 is 0 Å². The lowest BCUT2D eigenvalue weighted by atomic mass is 9.90. The summed E-state index contributed by atoms with van der Waals surface area (Å²) in [6.45, 7) is 10.1. The van der Waals surface area contributed by atoms with Crippen molar-refractivity contribution in [2.75, 3.05) is 26.2 Å². The molecule has 0 amide bonds. The molecule has 0 aromatic carbocycles. The van der Waals surface area contributed by atoms with Gasteiger partial charge in [0.2, 0.25) is 0 Å². The average molecular weight is 154 g/mol. The average Bonchev–Trinajstić information content (AvgIpc) is 2.35. The van der Waals surface area contributed by atoms with Crippen molar-refractivity contribution in [3.63, 3.8) is 0 Å². The zero-order valence-corrected chi connectivity index (χ0v) is 7.34. The molecule has 11 heavy (non-hydrogen) atoms. The van der Waals surface area contributed by atoms with Gasteiger partial charge in [-0.3, -0.25) is 4.90 Å². The Morgan fingerprint density at radius 2 is 2.45 bits per heavy atom. The third kappa shape index (κ3) is 2.04. The Morgan fingerprint density at radius 3 is 2.91 bits per heavy atom. The van der Waals surface area contributed by atoms with Crippen LogP contribution in [0, 0.1) is 5.41 Å². The molecule has 1 rings (SSSR count). The van der Waals surface area contributed by atoms with E-state index in [0.29, 0.717) is 5.41 Å². The van der Waals surface area contributed by atoms with E-state index in [1.807, 2.05) is 6.08 Å². The summed E-state index contributed by atoms with van der Waals surface area (Å²) < 4.78 is 0. The van der Waals surface area contributed by atoms with Crippen LogP contribution in [0.2, 0.25) is 0 Å². The first-order valence-corrected chi connectivity index (χ1v) is 4.23. The lowest BCUT2D eigenvalue weighted by Crippen LogP contribution is -2.31. The van der Waals surface area contributed by atoms with E-state index in [1.54, 1.807) is 0 Å². The maximum atomic E-state index is 5.67. The Kier molecular flexibility index (Phi) is 2.68. The van der Waals surface area contributed by atoms with Crippen molar-refractivity contribution in [3.8, 4) is 0 Å². The quantitative estimate of drug-likeness (QED) is 0.610. The van der Waals surface area contributed by atoms with Gasteiger partial charge in [0.1, 0.15) is 0 Å². The van der Waals surface area contributed by atoms with Gasteiger partial charge in [-0.05, 0) is 24.9 Å². The van der Waals surface area contributed by atoms with Crippen LogP contribution in [0.1, 0.15) is 13.3 Å². The minimum Gasteiger partial charge on any atom is -0.330 e. The molecule has 0 spiro atoms. The Bertz CT molecular complexity index is 144. The summed E-state index contributed by atoms with van der Waals surface area (Å²) in [5.74, 6) is 0. The molecule has 1 unspecified atom stereocenters. The Balaban J connectivity index is 2.39. The summed E-state index contributed by atoms with van der Waals surface area (Å²) in [6, 6.07) is 0. The second-order valence-corrected chi connectivity index (χ2v) is 3.79. The second kappa shape index (κ2) is 3.37. The van der Waals surface area contributed by atoms with Gasteiger partial charge >= 0.3 is 0 Å². The predicted octanol–water partition coefficient (Wildman–Crippen LogP) is 0.843. The topological polar surface area (TPSA) is 29.3 Å². The molecule has 1 saturated heterocycles. The molecule has 1 heterocycles. The smallest absolute Gasteiger partial charge is 0.0160 e. The highest BCUT2D eigenvalue weighted by molar-refractivity contribution is 4.89. The molecule has 1 atom stereocenters. The molecule has 0 saturated carbocycles. The third-order valence-corrected chi connectivity index (χ3v) is 2.52. The highest BCUT2D eigenvalue weighted by atomic mass is 15.2. The lowest BCUT2D eigenvalue weighted by Gasteiger charge is -2.21. The van der Waals surface area contributed by atoms with Crippen LogP contribution in [0.4, 0.5) is 0 Å². The molecule has 2 N–H and O–H groups in total. The van der Waals surface area contributed by atoms with Crippen molar-refractivity contribution < 1.29 is 0 Å². The molecule has 64 valence electrons. The third-order valence-electron chi connectivity index (χ3n) is 2.52. The maximum Gasteiger partial charge on any atom is 0.0160 e. The monoisotopic (exact) mass is 154 g/mol. The zero-order chi connectivity index (χ0) is 8.32. The summed E-state index contributed by atoms with van der Waals surface area (Å²) >= 11 is 0.